The van der Waals surface area contributed by atoms with Gasteiger partial charge in [0.05, 0.1) is 0 Å². The van der Waals surface area contributed by atoms with Crippen LogP contribution >= 0.6 is 0 Å². The van der Waals surface area contributed by atoms with Crippen LogP contribution in [0.1, 0.15) is 58.3 Å². The summed E-state index contributed by atoms with van der Waals surface area (Å²) in [6, 6.07) is 9.50. The smallest absolute Gasteiger partial charge is 0.197 e. The van der Waals surface area contributed by atoms with E-state index in [0.29, 0.717) is 0 Å². The van der Waals surface area contributed by atoms with Crippen LogP contribution in [0.25, 0.3) is 0 Å². The van der Waals surface area contributed by atoms with Crippen LogP contribution in [-0.4, -0.2) is 11.4 Å². The van der Waals surface area contributed by atoms with Crippen LogP contribution in [0.3, 0.4) is 0 Å². The second kappa shape index (κ2) is 9.95. The summed E-state index contributed by atoms with van der Waals surface area (Å²) in [4.78, 5) is 0. The Kier molecular flexibility index (Phi) is 8.32. The van der Waals surface area contributed by atoms with Gasteiger partial charge in [0.15, 0.2) is 6.29 Å². The molecule has 0 aliphatic heterocycles. The molecule has 1 atom stereocenters. The maximum atomic E-state index is 9.72. The molecule has 0 saturated carbocycles. The minimum atomic E-state index is -0.664. The highest BCUT2D eigenvalue weighted by Gasteiger charge is 2.04. The Labute approximate surface area is 111 Å². The largest absolute Gasteiger partial charge is 0.465 e. The van der Waals surface area contributed by atoms with E-state index in [1.165, 1.54) is 38.5 Å². The van der Waals surface area contributed by atoms with Gasteiger partial charge in [0.1, 0.15) is 5.75 Å². The molecular weight excluding hydrogens is 224 g/mol. The Balaban J connectivity index is 1.99. The number of rotatable bonds is 10. The summed E-state index contributed by atoms with van der Waals surface area (Å²) in [6.07, 6.45) is 8.88. The summed E-state index contributed by atoms with van der Waals surface area (Å²) >= 11 is 0. The van der Waals surface area contributed by atoms with Gasteiger partial charge < -0.3 is 9.84 Å². The van der Waals surface area contributed by atoms with Crippen molar-refractivity contribution in [2.45, 2.75) is 64.6 Å². The number of benzene rings is 1. The van der Waals surface area contributed by atoms with Crippen LogP contribution in [0.2, 0.25) is 0 Å². The predicted molar refractivity (Wildman–Crippen MR) is 75.7 cm³/mol. The van der Waals surface area contributed by atoms with Gasteiger partial charge in [0.25, 0.3) is 0 Å². The van der Waals surface area contributed by atoms with Crippen LogP contribution in [0, 0.1) is 0 Å². The monoisotopic (exact) mass is 250 g/mol. The van der Waals surface area contributed by atoms with Crippen molar-refractivity contribution in [2.75, 3.05) is 0 Å². The molecule has 2 nitrogen and oxygen atoms in total. The van der Waals surface area contributed by atoms with E-state index in [9.17, 15) is 5.11 Å². The average Bonchev–Trinajstić information content (AvgIpc) is 2.39. The van der Waals surface area contributed by atoms with Crippen molar-refractivity contribution < 1.29 is 9.84 Å². The predicted octanol–water partition coefficient (Wildman–Crippen LogP) is 4.52. The molecule has 1 aromatic rings. The molecule has 1 rings (SSSR count). The molecule has 0 spiro atoms. The number of aliphatic hydroxyl groups excluding tert-OH is 1. The summed E-state index contributed by atoms with van der Waals surface area (Å²) in [5.74, 6) is 0.743. The molecule has 0 aromatic heterocycles. The lowest BCUT2D eigenvalue weighted by Gasteiger charge is -2.13. The van der Waals surface area contributed by atoms with E-state index in [-0.39, 0.29) is 0 Å². The Morgan fingerprint density at radius 3 is 2.22 bits per heavy atom. The number of ether oxygens (including phenoxy) is 1. The summed E-state index contributed by atoms with van der Waals surface area (Å²) in [5, 5.41) is 9.72. The first-order chi connectivity index (χ1) is 8.83. The molecule has 0 heterocycles. The van der Waals surface area contributed by atoms with Crippen LogP contribution in [0.15, 0.2) is 30.3 Å². The lowest BCUT2D eigenvalue weighted by atomic mass is 10.1. The van der Waals surface area contributed by atoms with Crippen molar-refractivity contribution in [1.82, 2.24) is 0 Å². The maximum Gasteiger partial charge on any atom is 0.197 e. The van der Waals surface area contributed by atoms with Gasteiger partial charge in [0, 0.05) is 6.42 Å². The highest BCUT2D eigenvalue weighted by atomic mass is 16.6. The highest BCUT2D eigenvalue weighted by molar-refractivity contribution is 5.20. The molecule has 1 unspecified atom stereocenters. The minimum absolute atomic E-state index is 0.664. The number of para-hydroxylation sites is 1. The number of hydrogen-bond acceptors (Lipinski definition) is 2. The minimum Gasteiger partial charge on any atom is -0.465 e. The van der Waals surface area contributed by atoms with E-state index in [4.69, 9.17) is 4.74 Å². The van der Waals surface area contributed by atoms with Crippen molar-refractivity contribution in [3.8, 4) is 5.75 Å². The maximum absolute atomic E-state index is 9.72. The van der Waals surface area contributed by atoms with Crippen molar-refractivity contribution in [3.63, 3.8) is 0 Å². The van der Waals surface area contributed by atoms with Gasteiger partial charge in [-0.15, -0.1) is 0 Å². The third kappa shape index (κ3) is 7.33. The van der Waals surface area contributed by atoms with E-state index in [1.54, 1.807) is 0 Å². The van der Waals surface area contributed by atoms with Crippen LogP contribution in [0.5, 0.6) is 5.75 Å². The number of unbranched alkanes of at least 4 members (excludes halogenated alkanes) is 6. The standard InChI is InChI=1S/C16H26O2/c1-2-3-4-5-6-7-11-14-16(17)18-15-12-9-8-10-13-15/h8-10,12-13,16-17H,2-7,11,14H2,1H3. The Morgan fingerprint density at radius 2 is 1.56 bits per heavy atom. The number of hydrogen-bond donors (Lipinski definition) is 1. The summed E-state index contributed by atoms with van der Waals surface area (Å²) in [5.41, 5.74) is 0. The Hall–Kier alpha value is -1.02. The fraction of sp³-hybridized carbons (Fsp3) is 0.625. The third-order valence-corrected chi connectivity index (χ3v) is 3.07. The van der Waals surface area contributed by atoms with Crippen LogP contribution in [-0.2, 0) is 0 Å². The molecule has 0 aliphatic rings. The third-order valence-electron chi connectivity index (χ3n) is 3.07. The SMILES string of the molecule is CCCCCCCCCC(O)Oc1ccccc1. The number of aliphatic hydroxyl groups is 1. The normalized spacial score (nSPS) is 12.3. The molecule has 2 heteroatoms. The molecule has 1 aromatic carbocycles. The van der Waals surface area contributed by atoms with Gasteiger partial charge in [-0.25, -0.2) is 0 Å². The second-order valence-corrected chi connectivity index (χ2v) is 4.80. The fourth-order valence-electron chi connectivity index (χ4n) is 1.99. The van der Waals surface area contributed by atoms with Gasteiger partial charge in [-0.05, 0) is 18.6 Å². The Bertz CT molecular complexity index is 284. The molecule has 0 bridgehead atoms. The lowest BCUT2D eigenvalue weighted by molar-refractivity contribution is -0.0246. The molecule has 0 aliphatic carbocycles. The van der Waals surface area contributed by atoms with Gasteiger partial charge in [-0.1, -0.05) is 63.6 Å². The van der Waals surface area contributed by atoms with Gasteiger partial charge in [0.2, 0.25) is 0 Å². The molecule has 0 radical (unpaired) electrons. The highest BCUT2D eigenvalue weighted by Crippen LogP contribution is 2.14. The van der Waals surface area contributed by atoms with Gasteiger partial charge >= 0.3 is 0 Å². The van der Waals surface area contributed by atoms with Crippen molar-refractivity contribution >= 4 is 0 Å². The molecule has 0 fully saturated rings. The first-order valence-corrected chi connectivity index (χ1v) is 7.22. The lowest BCUT2D eigenvalue weighted by Crippen LogP contribution is -2.15. The summed E-state index contributed by atoms with van der Waals surface area (Å²) in [7, 11) is 0. The molecule has 18 heavy (non-hydrogen) atoms. The first kappa shape index (κ1) is 15.0. The fourth-order valence-corrected chi connectivity index (χ4v) is 1.99. The van der Waals surface area contributed by atoms with E-state index in [2.05, 4.69) is 6.92 Å². The van der Waals surface area contributed by atoms with E-state index >= 15 is 0 Å². The average molecular weight is 250 g/mol. The van der Waals surface area contributed by atoms with Crippen molar-refractivity contribution in [3.05, 3.63) is 30.3 Å². The zero-order valence-electron chi connectivity index (χ0n) is 11.5. The summed E-state index contributed by atoms with van der Waals surface area (Å²) < 4.78 is 5.41. The van der Waals surface area contributed by atoms with Crippen LogP contribution in [0.4, 0.5) is 0 Å². The molecular formula is C16H26O2. The topological polar surface area (TPSA) is 29.5 Å². The van der Waals surface area contributed by atoms with Gasteiger partial charge in [-0.3, -0.25) is 0 Å². The van der Waals surface area contributed by atoms with E-state index < -0.39 is 6.29 Å². The zero-order valence-corrected chi connectivity index (χ0v) is 11.5. The molecule has 1 N–H and O–H groups in total. The Morgan fingerprint density at radius 1 is 0.944 bits per heavy atom. The second-order valence-electron chi connectivity index (χ2n) is 4.80. The quantitative estimate of drug-likeness (QED) is 0.488. The molecule has 0 saturated heterocycles. The zero-order chi connectivity index (χ0) is 13.1. The first-order valence-electron chi connectivity index (χ1n) is 7.22. The van der Waals surface area contributed by atoms with E-state index in [0.717, 1.165) is 18.6 Å². The van der Waals surface area contributed by atoms with Crippen molar-refractivity contribution in [2.24, 2.45) is 0 Å². The molecule has 102 valence electrons. The van der Waals surface area contributed by atoms with Crippen LogP contribution < -0.4 is 4.74 Å². The summed E-state index contributed by atoms with van der Waals surface area (Å²) in [6.45, 7) is 2.23. The van der Waals surface area contributed by atoms with Gasteiger partial charge in [-0.2, -0.15) is 0 Å². The van der Waals surface area contributed by atoms with Crippen molar-refractivity contribution in [1.29, 1.82) is 0 Å². The van der Waals surface area contributed by atoms with E-state index in [1.807, 2.05) is 30.3 Å². The molecule has 0 amide bonds.